The predicted octanol–water partition coefficient (Wildman–Crippen LogP) is 4.96. The van der Waals surface area contributed by atoms with E-state index in [1.54, 1.807) is 6.92 Å². The third-order valence-electron chi connectivity index (χ3n) is 5.48. The first-order valence-corrected chi connectivity index (χ1v) is 11.0. The number of hydrogen-bond donors (Lipinski definition) is 2. The summed E-state index contributed by atoms with van der Waals surface area (Å²) in [6.45, 7) is 3.90. The number of aryl methyl sites for hydroxylation is 1. The number of anilines is 1. The van der Waals surface area contributed by atoms with Crippen LogP contribution in [0.15, 0.2) is 48.5 Å². The Morgan fingerprint density at radius 3 is 2.43 bits per heavy atom. The maximum atomic E-state index is 13.3. The average molecular weight is 491 g/mol. The van der Waals surface area contributed by atoms with Gasteiger partial charge in [-0.25, -0.2) is 15.1 Å². The van der Waals surface area contributed by atoms with Crippen LogP contribution in [-0.2, 0) is 19.1 Å². The molecular formula is C24H25F3N7Na. The molecule has 0 unspecified atom stereocenters. The minimum absolute atomic E-state index is 0. The number of alkyl halides is 3. The van der Waals surface area contributed by atoms with Gasteiger partial charge in [-0.1, -0.05) is 55.8 Å². The number of hydrogen-bond acceptors (Lipinski definition) is 6. The molecule has 7 nitrogen and oxygen atoms in total. The van der Waals surface area contributed by atoms with Gasteiger partial charge in [-0.3, -0.25) is 0 Å². The third kappa shape index (κ3) is 6.45. The predicted molar refractivity (Wildman–Crippen MR) is 130 cm³/mol. The summed E-state index contributed by atoms with van der Waals surface area (Å²) in [6.07, 6.45) is -2.27. The van der Waals surface area contributed by atoms with Crippen LogP contribution in [0.1, 0.15) is 42.4 Å². The first kappa shape index (κ1) is 26.8. The molecule has 2 heterocycles. The van der Waals surface area contributed by atoms with E-state index in [4.69, 9.17) is 0 Å². The van der Waals surface area contributed by atoms with E-state index in [9.17, 15) is 13.2 Å². The summed E-state index contributed by atoms with van der Waals surface area (Å²) in [4.78, 5) is 7.53. The van der Waals surface area contributed by atoms with E-state index in [0.29, 0.717) is 23.5 Å². The van der Waals surface area contributed by atoms with Crippen molar-refractivity contribution in [2.75, 3.05) is 5.32 Å². The molecule has 0 saturated heterocycles. The number of nitrogens with one attached hydrogen (secondary N) is 2. The monoisotopic (exact) mass is 491 g/mol. The van der Waals surface area contributed by atoms with Gasteiger partial charge in [0, 0.05) is 23.4 Å². The van der Waals surface area contributed by atoms with Gasteiger partial charge in [-0.15, -0.1) is 5.10 Å². The Labute approximate surface area is 223 Å². The number of unbranched alkanes of at least 4 members (excludes halogenated alkanes) is 1. The molecule has 0 atom stereocenters. The second-order valence-electron chi connectivity index (χ2n) is 7.91. The van der Waals surface area contributed by atoms with Crippen molar-refractivity contribution in [3.05, 3.63) is 71.2 Å². The second-order valence-corrected chi connectivity index (χ2v) is 7.91. The van der Waals surface area contributed by atoms with E-state index in [2.05, 4.69) is 35.9 Å². The molecule has 0 fully saturated rings. The van der Waals surface area contributed by atoms with Crippen molar-refractivity contribution in [2.24, 2.45) is 0 Å². The van der Waals surface area contributed by atoms with E-state index in [-0.39, 0.29) is 41.9 Å². The number of H-pyrrole nitrogens is 1. The van der Waals surface area contributed by atoms with Crippen LogP contribution in [0.4, 0.5) is 19.0 Å². The van der Waals surface area contributed by atoms with Gasteiger partial charge in [0.05, 0.1) is 0 Å². The quantitative estimate of drug-likeness (QED) is 0.339. The molecule has 178 valence electrons. The molecule has 0 aliphatic carbocycles. The zero-order valence-electron chi connectivity index (χ0n) is 18.8. The first-order chi connectivity index (χ1) is 16.4. The van der Waals surface area contributed by atoms with Gasteiger partial charge in [0.1, 0.15) is 5.82 Å². The van der Waals surface area contributed by atoms with E-state index in [1.807, 2.05) is 55.5 Å². The molecule has 2 aromatic heterocycles. The molecule has 0 bridgehead atoms. The van der Waals surface area contributed by atoms with Crippen LogP contribution in [0.2, 0.25) is 0 Å². The van der Waals surface area contributed by atoms with Crippen LogP contribution in [0.25, 0.3) is 22.5 Å². The molecule has 2 N–H and O–H groups in total. The molecule has 0 radical (unpaired) electrons. The molecule has 2 aromatic carbocycles. The Kier molecular flexibility index (Phi) is 8.98. The van der Waals surface area contributed by atoms with Gasteiger partial charge in [-0.2, -0.15) is 13.2 Å². The van der Waals surface area contributed by atoms with Gasteiger partial charge < -0.3 is 5.32 Å². The SMILES string of the molecule is CCCCc1c(C)nc(C(F)(F)F)nc1NCc1ccc(-c2ccccc2)c(-c2nnn[nH]2)c1.[NaH]. The van der Waals surface area contributed by atoms with Gasteiger partial charge in [0.2, 0.25) is 5.82 Å². The standard InChI is InChI=1S/C24H24F3N7.Na.H/c1-3-4-10-18-15(2)29-23(24(25,26)27)30-21(18)28-14-16-11-12-19(17-8-6-5-7-9-17)20(13-16)22-31-33-34-32-22;;/h5-9,11-13H,3-4,10,14H2,1-2H3,(H,28,29,30)(H,31,32,33,34);;. The van der Waals surface area contributed by atoms with Crippen molar-refractivity contribution >= 4 is 35.4 Å². The molecule has 35 heavy (non-hydrogen) atoms. The average Bonchev–Trinajstić information content (AvgIpc) is 3.36. The Morgan fingerprint density at radius 2 is 1.77 bits per heavy atom. The Morgan fingerprint density at radius 1 is 1.00 bits per heavy atom. The van der Waals surface area contributed by atoms with Gasteiger partial charge in [0.25, 0.3) is 0 Å². The fourth-order valence-corrected chi connectivity index (χ4v) is 3.75. The topological polar surface area (TPSA) is 92.3 Å². The summed E-state index contributed by atoms with van der Waals surface area (Å²) in [5, 5.41) is 17.3. The summed E-state index contributed by atoms with van der Waals surface area (Å²) in [5.41, 5.74) is 4.61. The van der Waals surface area contributed by atoms with Crippen molar-refractivity contribution in [1.29, 1.82) is 0 Å². The zero-order valence-corrected chi connectivity index (χ0v) is 18.8. The van der Waals surface area contributed by atoms with E-state index in [0.717, 1.165) is 35.1 Å². The number of aromatic amines is 1. The Hall–Kier alpha value is -2.82. The van der Waals surface area contributed by atoms with E-state index >= 15 is 0 Å². The van der Waals surface area contributed by atoms with Crippen LogP contribution in [-0.4, -0.2) is 60.1 Å². The molecule has 0 spiro atoms. The van der Waals surface area contributed by atoms with Gasteiger partial charge in [-0.05, 0) is 52.9 Å². The Bertz CT molecular complexity index is 1250. The number of aromatic nitrogens is 6. The number of benzene rings is 2. The minimum atomic E-state index is -4.62. The summed E-state index contributed by atoms with van der Waals surface area (Å²) in [7, 11) is 0. The number of nitrogens with zero attached hydrogens (tertiary/aromatic N) is 5. The summed E-state index contributed by atoms with van der Waals surface area (Å²) in [6, 6.07) is 15.6. The Balaban J connectivity index is 0.00000342. The van der Waals surface area contributed by atoms with Crippen LogP contribution in [0.5, 0.6) is 0 Å². The fraction of sp³-hybridized carbons (Fsp3) is 0.292. The van der Waals surface area contributed by atoms with Crippen molar-refractivity contribution in [1.82, 2.24) is 30.6 Å². The molecule has 11 heteroatoms. The molecule has 0 aliphatic heterocycles. The molecule has 0 aliphatic rings. The van der Waals surface area contributed by atoms with E-state index < -0.39 is 12.0 Å². The summed E-state index contributed by atoms with van der Waals surface area (Å²) in [5.74, 6) is -0.425. The fourth-order valence-electron chi connectivity index (χ4n) is 3.75. The second kappa shape index (κ2) is 11.7. The third-order valence-corrected chi connectivity index (χ3v) is 5.48. The van der Waals surface area contributed by atoms with Crippen molar-refractivity contribution in [2.45, 2.75) is 45.8 Å². The molecule has 0 amide bonds. The van der Waals surface area contributed by atoms with Crippen molar-refractivity contribution in [3.63, 3.8) is 0 Å². The van der Waals surface area contributed by atoms with Crippen molar-refractivity contribution < 1.29 is 13.2 Å². The number of halogens is 3. The molecule has 4 aromatic rings. The molecule has 4 rings (SSSR count). The van der Waals surface area contributed by atoms with Gasteiger partial charge >= 0.3 is 35.7 Å². The normalized spacial score (nSPS) is 11.2. The number of rotatable bonds is 8. The number of tetrazole rings is 1. The maximum absolute atomic E-state index is 13.3. The first-order valence-electron chi connectivity index (χ1n) is 11.0. The van der Waals surface area contributed by atoms with Crippen LogP contribution < -0.4 is 5.32 Å². The molecular weight excluding hydrogens is 466 g/mol. The van der Waals surface area contributed by atoms with Gasteiger partial charge in [0.15, 0.2) is 5.82 Å². The van der Waals surface area contributed by atoms with Crippen LogP contribution >= 0.6 is 0 Å². The van der Waals surface area contributed by atoms with E-state index in [1.165, 1.54) is 0 Å². The zero-order chi connectivity index (χ0) is 24.1. The van der Waals surface area contributed by atoms with Crippen LogP contribution in [0, 0.1) is 6.92 Å². The molecule has 0 saturated carbocycles. The summed E-state index contributed by atoms with van der Waals surface area (Å²) < 4.78 is 40.0. The van der Waals surface area contributed by atoms with Crippen LogP contribution in [0.3, 0.4) is 0 Å². The van der Waals surface area contributed by atoms with Crippen molar-refractivity contribution in [3.8, 4) is 22.5 Å². The summed E-state index contributed by atoms with van der Waals surface area (Å²) >= 11 is 0.